The Kier molecular flexibility index (Phi) is 2.14. The summed E-state index contributed by atoms with van der Waals surface area (Å²) in [7, 11) is 2.65. The van der Waals surface area contributed by atoms with Gasteiger partial charge in [0.2, 0.25) is 0 Å². The molecule has 2 heterocycles. The summed E-state index contributed by atoms with van der Waals surface area (Å²) in [5.74, 6) is 0.505. The molecule has 3 rings (SSSR count). The summed E-state index contributed by atoms with van der Waals surface area (Å²) in [6, 6.07) is 2.14. The van der Waals surface area contributed by atoms with Crippen LogP contribution in [0, 0.1) is 0 Å². The van der Waals surface area contributed by atoms with Crippen molar-refractivity contribution in [3.8, 4) is 5.75 Å². The molecule has 3 heteroatoms. The lowest BCUT2D eigenvalue weighted by Gasteiger charge is -2.37. The maximum atomic E-state index is 10.1. The van der Waals surface area contributed by atoms with Gasteiger partial charge in [-0.3, -0.25) is 0 Å². The molecule has 0 saturated heterocycles. The van der Waals surface area contributed by atoms with Crippen molar-refractivity contribution < 1.29 is 5.11 Å². The average Bonchev–Trinajstić information content (AvgIpc) is 2.26. The summed E-state index contributed by atoms with van der Waals surface area (Å²) in [6.07, 6.45) is 4.63. The summed E-state index contributed by atoms with van der Waals surface area (Å²) in [5, 5.41) is 11.0. The van der Waals surface area contributed by atoms with Gasteiger partial charge in [0.1, 0.15) is 5.75 Å². The molecule has 2 nitrogen and oxygen atoms in total. The van der Waals surface area contributed by atoms with Crippen LogP contribution in [0.2, 0.25) is 0 Å². The normalized spacial score (nSPS) is 18.9. The predicted octanol–water partition coefficient (Wildman–Crippen LogP) is 1.59. The number of aryl methyl sites for hydroxylation is 1. The minimum atomic E-state index is 0.505. The molecular weight excluding hydrogens is 205 g/mol. The third kappa shape index (κ3) is 1.35. The van der Waals surface area contributed by atoms with Crippen molar-refractivity contribution in [1.82, 2.24) is 0 Å². The Balaban J connectivity index is 2.25. The van der Waals surface area contributed by atoms with E-state index in [1.54, 1.807) is 0 Å². The Labute approximate surface area is 92.5 Å². The molecule has 0 fully saturated rings. The number of nitrogens with zero attached hydrogens (tertiary/aromatic N) is 1. The molecule has 0 saturated carbocycles. The van der Waals surface area contributed by atoms with Crippen LogP contribution in [0.5, 0.6) is 5.75 Å². The van der Waals surface area contributed by atoms with E-state index >= 15 is 0 Å². The first kappa shape index (κ1) is 9.47. The van der Waals surface area contributed by atoms with Crippen LogP contribution in [-0.4, -0.2) is 18.2 Å². The zero-order valence-corrected chi connectivity index (χ0v) is 9.95. The molecule has 1 unspecified atom stereocenters. The van der Waals surface area contributed by atoms with Gasteiger partial charge in [-0.25, -0.2) is 0 Å². The highest BCUT2D eigenvalue weighted by atomic mass is 31.0. The highest BCUT2D eigenvalue weighted by Gasteiger charge is 2.26. The van der Waals surface area contributed by atoms with E-state index in [0.717, 1.165) is 24.8 Å². The predicted molar refractivity (Wildman–Crippen MR) is 66.3 cm³/mol. The van der Waals surface area contributed by atoms with E-state index in [9.17, 15) is 5.11 Å². The van der Waals surface area contributed by atoms with E-state index in [1.807, 2.05) is 0 Å². The van der Waals surface area contributed by atoms with Gasteiger partial charge in [0.15, 0.2) is 0 Å². The van der Waals surface area contributed by atoms with Gasteiger partial charge in [-0.15, -0.1) is 9.24 Å². The lowest BCUT2D eigenvalue weighted by Crippen LogP contribution is -2.35. The summed E-state index contributed by atoms with van der Waals surface area (Å²) >= 11 is 0. The van der Waals surface area contributed by atoms with Crippen LogP contribution in [0.3, 0.4) is 0 Å². The molecule has 1 aromatic rings. The molecule has 1 aromatic carbocycles. The minimum absolute atomic E-state index is 0.505. The molecule has 80 valence electrons. The Hall–Kier alpha value is -0.750. The Morgan fingerprint density at radius 1 is 1.20 bits per heavy atom. The van der Waals surface area contributed by atoms with Crippen molar-refractivity contribution >= 4 is 20.2 Å². The highest BCUT2D eigenvalue weighted by molar-refractivity contribution is 7.27. The molecule has 0 radical (unpaired) electrons. The number of benzene rings is 1. The number of phenolic OH excluding ortho intramolecular Hbond substituents is 1. The molecule has 15 heavy (non-hydrogen) atoms. The number of anilines is 1. The molecule has 0 bridgehead atoms. The zero-order chi connectivity index (χ0) is 10.4. The average molecular weight is 221 g/mol. The third-order valence-electron chi connectivity index (χ3n) is 3.52. The molecule has 2 aliphatic rings. The largest absolute Gasteiger partial charge is 0.507 e. The fraction of sp³-hybridized carbons (Fsp3) is 0.500. The molecule has 0 amide bonds. The highest BCUT2D eigenvalue weighted by Crippen LogP contribution is 2.39. The summed E-state index contributed by atoms with van der Waals surface area (Å²) < 4.78 is 0. The molecule has 2 aliphatic heterocycles. The summed E-state index contributed by atoms with van der Waals surface area (Å²) in [6.45, 7) is 2.32. The first-order chi connectivity index (χ1) is 7.27. The van der Waals surface area contributed by atoms with Gasteiger partial charge in [-0.05, 0) is 37.3 Å². The quantitative estimate of drug-likeness (QED) is 0.672. The van der Waals surface area contributed by atoms with Gasteiger partial charge in [-0.2, -0.15) is 0 Å². The standard InChI is InChI=1S/C12H16NOP/c14-12-9-4-2-6-13-5-1-3-8(11(9)13)7-10(12)15/h7,14H,1-6,15H2. The van der Waals surface area contributed by atoms with E-state index in [-0.39, 0.29) is 0 Å². The van der Waals surface area contributed by atoms with Crippen LogP contribution in [-0.2, 0) is 12.8 Å². The molecule has 1 atom stereocenters. The van der Waals surface area contributed by atoms with E-state index in [1.165, 1.54) is 36.1 Å². The van der Waals surface area contributed by atoms with E-state index < -0.39 is 0 Å². The summed E-state index contributed by atoms with van der Waals surface area (Å²) in [4.78, 5) is 2.45. The first-order valence-electron chi connectivity index (χ1n) is 5.65. The van der Waals surface area contributed by atoms with Crippen molar-refractivity contribution in [1.29, 1.82) is 0 Å². The number of aromatic hydroxyl groups is 1. The summed E-state index contributed by atoms with van der Waals surface area (Å²) in [5.41, 5.74) is 3.96. The van der Waals surface area contributed by atoms with Crippen LogP contribution in [0.25, 0.3) is 0 Å². The number of rotatable bonds is 0. The second-order valence-electron chi connectivity index (χ2n) is 4.49. The van der Waals surface area contributed by atoms with Gasteiger partial charge >= 0.3 is 0 Å². The zero-order valence-electron chi connectivity index (χ0n) is 8.79. The fourth-order valence-electron chi connectivity index (χ4n) is 2.87. The van der Waals surface area contributed by atoms with E-state index in [2.05, 4.69) is 20.2 Å². The lowest BCUT2D eigenvalue weighted by atomic mass is 9.91. The molecular formula is C12H16NOP. The first-order valence-corrected chi connectivity index (χ1v) is 6.23. The van der Waals surface area contributed by atoms with Gasteiger partial charge in [0.25, 0.3) is 0 Å². The second-order valence-corrected chi connectivity index (χ2v) is 5.12. The Morgan fingerprint density at radius 2 is 1.93 bits per heavy atom. The molecule has 0 spiro atoms. The van der Waals surface area contributed by atoms with Crippen LogP contribution < -0.4 is 10.2 Å². The smallest absolute Gasteiger partial charge is 0.127 e. The van der Waals surface area contributed by atoms with E-state index in [0.29, 0.717) is 5.75 Å². The lowest BCUT2D eigenvalue weighted by molar-refractivity contribution is 0.467. The van der Waals surface area contributed by atoms with Gasteiger partial charge in [0.05, 0.1) is 0 Å². The van der Waals surface area contributed by atoms with Crippen molar-refractivity contribution in [2.75, 3.05) is 18.0 Å². The van der Waals surface area contributed by atoms with Gasteiger partial charge < -0.3 is 10.0 Å². The minimum Gasteiger partial charge on any atom is -0.507 e. The van der Waals surface area contributed by atoms with Crippen LogP contribution in [0.4, 0.5) is 5.69 Å². The molecule has 1 N–H and O–H groups in total. The monoisotopic (exact) mass is 221 g/mol. The Morgan fingerprint density at radius 3 is 2.73 bits per heavy atom. The topological polar surface area (TPSA) is 23.5 Å². The van der Waals surface area contributed by atoms with Crippen molar-refractivity contribution in [2.24, 2.45) is 0 Å². The van der Waals surface area contributed by atoms with Crippen molar-refractivity contribution in [3.63, 3.8) is 0 Å². The number of hydrogen-bond acceptors (Lipinski definition) is 2. The maximum absolute atomic E-state index is 10.1. The molecule has 0 aliphatic carbocycles. The van der Waals surface area contributed by atoms with Crippen LogP contribution >= 0.6 is 9.24 Å². The maximum Gasteiger partial charge on any atom is 0.127 e. The number of phenols is 1. The van der Waals surface area contributed by atoms with Gasteiger partial charge in [0, 0.05) is 29.6 Å². The van der Waals surface area contributed by atoms with Gasteiger partial charge in [-0.1, -0.05) is 0 Å². The second kappa shape index (κ2) is 3.38. The van der Waals surface area contributed by atoms with Crippen molar-refractivity contribution in [2.45, 2.75) is 25.7 Å². The third-order valence-corrected chi connectivity index (χ3v) is 3.96. The van der Waals surface area contributed by atoms with Crippen molar-refractivity contribution in [3.05, 3.63) is 17.2 Å². The molecule has 0 aromatic heterocycles. The van der Waals surface area contributed by atoms with E-state index in [4.69, 9.17) is 0 Å². The number of hydrogen-bond donors (Lipinski definition) is 1. The Bertz CT molecular complexity index is 415. The fourth-order valence-corrected chi connectivity index (χ4v) is 3.24. The SMILES string of the molecule is Oc1c(P)cc2c3c1CCCN3CCC2. The van der Waals surface area contributed by atoms with Crippen LogP contribution in [0.15, 0.2) is 6.07 Å². The van der Waals surface area contributed by atoms with Crippen LogP contribution in [0.1, 0.15) is 24.0 Å².